The first-order chi connectivity index (χ1) is 12.1. The molecule has 0 spiro atoms. The molecule has 2 amide bonds. The molecule has 0 fully saturated rings. The van der Waals surface area contributed by atoms with E-state index in [1.54, 1.807) is 31.2 Å². The Hall–Kier alpha value is -2.84. The van der Waals surface area contributed by atoms with Crippen LogP contribution in [-0.4, -0.2) is 64.8 Å². The fourth-order valence-electron chi connectivity index (χ4n) is 2.29. The molecule has 9 heteroatoms. The van der Waals surface area contributed by atoms with E-state index in [4.69, 9.17) is 0 Å². The number of para-hydroxylation sites is 1. The molecule has 2 rings (SSSR count). The van der Waals surface area contributed by atoms with Gasteiger partial charge in [-0.1, -0.05) is 18.2 Å². The zero-order chi connectivity index (χ0) is 19.5. The second-order valence-corrected chi connectivity index (χ2v) is 5.98. The summed E-state index contributed by atoms with van der Waals surface area (Å²) in [7, 11) is 2.82. The van der Waals surface area contributed by atoms with E-state index < -0.39 is 31.1 Å². The van der Waals surface area contributed by atoms with Gasteiger partial charge in [0.2, 0.25) is 5.91 Å². The fourth-order valence-corrected chi connectivity index (χ4v) is 2.29. The predicted octanol–water partition coefficient (Wildman–Crippen LogP) is 2.27. The molecule has 0 bridgehead atoms. The van der Waals surface area contributed by atoms with Crippen LogP contribution in [0.4, 0.5) is 13.2 Å². The summed E-state index contributed by atoms with van der Waals surface area (Å²) in [5.41, 5.74) is 1.11. The molecule has 0 saturated carbocycles. The number of nitrogens with zero attached hydrogens (tertiary/aromatic N) is 4. The molecule has 0 unspecified atom stereocenters. The van der Waals surface area contributed by atoms with Crippen molar-refractivity contribution in [3.05, 3.63) is 47.8 Å². The molecule has 2 aromatic rings. The summed E-state index contributed by atoms with van der Waals surface area (Å²) in [4.78, 5) is 26.0. The molecule has 1 heterocycles. The summed E-state index contributed by atoms with van der Waals surface area (Å²) in [6.45, 7) is -0.513. The molecule has 0 saturated heterocycles. The Morgan fingerprint density at radius 2 is 1.77 bits per heavy atom. The van der Waals surface area contributed by atoms with E-state index in [-0.39, 0.29) is 5.69 Å². The van der Waals surface area contributed by atoms with Gasteiger partial charge in [0.1, 0.15) is 13.1 Å². The molecule has 140 valence electrons. The molecule has 1 aromatic heterocycles. The topological polar surface area (TPSA) is 58.4 Å². The van der Waals surface area contributed by atoms with E-state index in [0.717, 1.165) is 4.90 Å². The maximum Gasteiger partial charge on any atom is 0.406 e. The van der Waals surface area contributed by atoms with Gasteiger partial charge in [-0.15, -0.1) is 0 Å². The van der Waals surface area contributed by atoms with Crippen molar-refractivity contribution < 1.29 is 22.8 Å². The molecule has 1 aromatic carbocycles. The number of hydrogen-bond donors (Lipinski definition) is 0. The molecule has 0 aliphatic heterocycles. The first-order valence-electron chi connectivity index (χ1n) is 7.77. The van der Waals surface area contributed by atoms with Gasteiger partial charge >= 0.3 is 6.18 Å². The fraction of sp³-hybridized carbons (Fsp3) is 0.353. The maximum absolute atomic E-state index is 12.8. The van der Waals surface area contributed by atoms with Gasteiger partial charge in [-0.05, 0) is 25.1 Å². The third-order valence-corrected chi connectivity index (χ3v) is 3.59. The molecule has 0 aliphatic rings. The molecule has 26 heavy (non-hydrogen) atoms. The highest BCUT2D eigenvalue weighted by Gasteiger charge is 2.35. The van der Waals surface area contributed by atoms with Crippen LogP contribution in [0.25, 0.3) is 5.69 Å². The van der Waals surface area contributed by atoms with Crippen LogP contribution in [0.3, 0.4) is 0 Å². The minimum absolute atomic E-state index is 0.151. The highest BCUT2D eigenvalue weighted by atomic mass is 19.4. The van der Waals surface area contributed by atoms with Crippen LogP contribution in [0.5, 0.6) is 0 Å². The molecular formula is C17H19F3N4O2. The summed E-state index contributed by atoms with van der Waals surface area (Å²) < 4.78 is 40.0. The van der Waals surface area contributed by atoms with Gasteiger partial charge in [0.15, 0.2) is 5.69 Å². The van der Waals surface area contributed by atoms with Gasteiger partial charge in [-0.2, -0.15) is 18.3 Å². The number of aryl methyl sites for hydroxylation is 1. The van der Waals surface area contributed by atoms with Gasteiger partial charge in [0.05, 0.1) is 5.69 Å². The van der Waals surface area contributed by atoms with Gasteiger partial charge < -0.3 is 9.80 Å². The SMILES string of the molecule is Cc1cc(C(=O)N(CC(=O)N(C)C)CC(F)(F)F)nn1-c1ccccc1. The summed E-state index contributed by atoms with van der Waals surface area (Å²) >= 11 is 0. The Kier molecular flexibility index (Phi) is 5.69. The largest absolute Gasteiger partial charge is 0.406 e. The van der Waals surface area contributed by atoms with E-state index in [1.807, 2.05) is 6.07 Å². The zero-order valence-corrected chi connectivity index (χ0v) is 14.6. The van der Waals surface area contributed by atoms with Gasteiger partial charge in [0.25, 0.3) is 5.91 Å². The number of carbonyl (C=O) groups excluding carboxylic acids is 2. The number of amides is 2. The lowest BCUT2D eigenvalue weighted by atomic mass is 10.3. The smallest absolute Gasteiger partial charge is 0.347 e. The van der Waals surface area contributed by atoms with E-state index in [1.165, 1.54) is 24.8 Å². The average molecular weight is 368 g/mol. The molecule has 0 N–H and O–H groups in total. The van der Waals surface area contributed by atoms with Crippen LogP contribution in [-0.2, 0) is 4.79 Å². The minimum atomic E-state index is -4.63. The number of likely N-dealkylation sites (N-methyl/N-ethyl adjacent to an activating group) is 1. The quantitative estimate of drug-likeness (QED) is 0.814. The van der Waals surface area contributed by atoms with Crippen molar-refractivity contribution in [1.82, 2.24) is 19.6 Å². The zero-order valence-electron chi connectivity index (χ0n) is 14.6. The number of hydrogen-bond acceptors (Lipinski definition) is 3. The Labute approximate surface area is 148 Å². The molecule has 0 atom stereocenters. The minimum Gasteiger partial charge on any atom is -0.347 e. The first kappa shape index (κ1) is 19.5. The Balaban J connectivity index is 2.32. The average Bonchev–Trinajstić information content (AvgIpc) is 2.94. The number of aromatic nitrogens is 2. The Bertz CT molecular complexity index is 785. The second-order valence-electron chi connectivity index (χ2n) is 5.98. The molecule has 0 radical (unpaired) electrons. The Morgan fingerprint density at radius 1 is 1.15 bits per heavy atom. The monoisotopic (exact) mass is 368 g/mol. The first-order valence-corrected chi connectivity index (χ1v) is 7.77. The lowest BCUT2D eigenvalue weighted by Gasteiger charge is -2.24. The summed E-state index contributed by atoms with van der Waals surface area (Å²) in [5.74, 6) is -1.56. The van der Waals surface area contributed by atoms with Gasteiger partial charge in [-0.25, -0.2) is 4.68 Å². The van der Waals surface area contributed by atoms with Crippen LogP contribution in [0.1, 0.15) is 16.2 Å². The van der Waals surface area contributed by atoms with Crippen molar-refractivity contribution in [2.24, 2.45) is 0 Å². The molecule has 6 nitrogen and oxygen atoms in total. The predicted molar refractivity (Wildman–Crippen MR) is 89.0 cm³/mol. The van der Waals surface area contributed by atoms with Crippen LogP contribution >= 0.6 is 0 Å². The summed E-state index contributed by atoms with van der Waals surface area (Å²) in [6.07, 6.45) is -4.63. The highest BCUT2D eigenvalue weighted by molar-refractivity contribution is 5.95. The lowest BCUT2D eigenvalue weighted by Crippen LogP contribution is -2.45. The number of halogens is 3. The number of carbonyl (C=O) groups is 2. The molecular weight excluding hydrogens is 349 g/mol. The highest BCUT2D eigenvalue weighted by Crippen LogP contribution is 2.19. The second kappa shape index (κ2) is 7.59. The van der Waals surface area contributed by atoms with E-state index in [2.05, 4.69) is 5.10 Å². The Morgan fingerprint density at radius 3 is 2.31 bits per heavy atom. The van der Waals surface area contributed by atoms with E-state index in [0.29, 0.717) is 16.3 Å². The van der Waals surface area contributed by atoms with Crippen molar-refractivity contribution in [2.45, 2.75) is 13.1 Å². The van der Waals surface area contributed by atoms with Crippen molar-refractivity contribution in [3.8, 4) is 5.69 Å². The van der Waals surface area contributed by atoms with Crippen molar-refractivity contribution in [3.63, 3.8) is 0 Å². The lowest BCUT2D eigenvalue weighted by molar-refractivity contribution is -0.146. The third-order valence-electron chi connectivity index (χ3n) is 3.59. The van der Waals surface area contributed by atoms with Crippen LogP contribution in [0.15, 0.2) is 36.4 Å². The summed E-state index contributed by atoms with van der Waals surface area (Å²) in [5, 5.41) is 4.12. The summed E-state index contributed by atoms with van der Waals surface area (Å²) in [6, 6.07) is 10.3. The van der Waals surface area contributed by atoms with Crippen molar-refractivity contribution in [1.29, 1.82) is 0 Å². The maximum atomic E-state index is 12.8. The van der Waals surface area contributed by atoms with Crippen LogP contribution < -0.4 is 0 Å². The number of alkyl halides is 3. The molecule has 0 aliphatic carbocycles. The number of benzene rings is 1. The third kappa shape index (κ3) is 4.84. The van der Waals surface area contributed by atoms with Crippen LogP contribution in [0.2, 0.25) is 0 Å². The standard InChI is InChI=1S/C17H19F3N4O2/c1-12-9-14(21-24(12)13-7-5-4-6-8-13)16(26)23(11-17(18,19)20)10-15(25)22(2)3/h4-9H,10-11H2,1-3H3. The number of rotatable bonds is 5. The van der Waals surface area contributed by atoms with E-state index in [9.17, 15) is 22.8 Å². The van der Waals surface area contributed by atoms with Crippen LogP contribution in [0, 0.1) is 6.92 Å². The van der Waals surface area contributed by atoms with Crippen molar-refractivity contribution in [2.75, 3.05) is 27.2 Å². The van der Waals surface area contributed by atoms with E-state index >= 15 is 0 Å². The van der Waals surface area contributed by atoms with Gasteiger partial charge in [0, 0.05) is 19.8 Å². The normalized spacial score (nSPS) is 11.3. The van der Waals surface area contributed by atoms with Crippen molar-refractivity contribution >= 4 is 11.8 Å². The van der Waals surface area contributed by atoms with Gasteiger partial charge in [-0.3, -0.25) is 9.59 Å².